The zero-order valence-corrected chi connectivity index (χ0v) is 15.7. The third-order valence-electron chi connectivity index (χ3n) is 6.16. The quantitative estimate of drug-likeness (QED) is 0.750. The van der Waals surface area contributed by atoms with Crippen molar-refractivity contribution in [2.45, 2.75) is 89.1 Å². The molecule has 2 heterocycles. The third kappa shape index (κ3) is 5.70. The molecule has 1 unspecified atom stereocenters. The van der Waals surface area contributed by atoms with Crippen LogP contribution in [0.5, 0.6) is 0 Å². The van der Waals surface area contributed by atoms with Gasteiger partial charge in [-0.1, -0.05) is 25.7 Å². The number of amides is 2. The summed E-state index contributed by atoms with van der Waals surface area (Å²) in [7, 11) is 0. The molecule has 25 heavy (non-hydrogen) atoms. The minimum absolute atomic E-state index is 0.166. The van der Waals surface area contributed by atoms with E-state index >= 15 is 0 Å². The van der Waals surface area contributed by atoms with Gasteiger partial charge in [0.1, 0.15) is 0 Å². The number of hydrogen-bond donors (Lipinski definition) is 1. The lowest BCUT2D eigenvalue weighted by atomic mass is 9.99. The van der Waals surface area contributed by atoms with Crippen molar-refractivity contribution in [1.29, 1.82) is 0 Å². The van der Waals surface area contributed by atoms with E-state index in [1.807, 2.05) is 4.90 Å². The van der Waals surface area contributed by atoms with Crippen molar-refractivity contribution in [3.63, 3.8) is 0 Å². The van der Waals surface area contributed by atoms with E-state index in [1.54, 1.807) is 0 Å². The predicted octanol–water partition coefficient (Wildman–Crippen LogP) is 2.69. The van der Waals surface area contributed by atoms with Gasteiger partial charge in [0.15, 0.2) is 0 Å². The van der Waals surface area contributed by atoms with Gasteiger partial charge in [-0.3, -0.25) is 14.5 Å². The van der Waals surface area contributed by atoms with Crippen LogP contribution in [0.4, 0.5) is 0 Å². The fourth-order valence-electron chi connectivity index (χ4n) is 4.75. The molecule has 0 radical (unpaired) electrons. The molecule has 3 fully saturated rings. The zero-order valence-electron chi connectivity index (χ0n) is 15.7. The molecule has 1 saturated carbocycles. The Kier molecular flexibility index (Phi) is 7.14. The number of carbonyl (C=O) groups excluding carboxylic acids is 2. The standard InChI is InChI=1S/C20H35N3O2/c24-19(11-6-13-22-14-7-12-20(22)25)21-17-8-5-15-23(16-17)18-9-3-1-2-4-10-18/h17-18H,1-16H2,(H,21,24). The van der Waals surface area contributed by atoms with Crippen LogP contribution >= 0.6 is 0 Å². The first-order valence-electron chi connectivity index (χ1n) is 10.5. The molecule has 1 atom stereocenters. The van der Waals surface area contributed by atoms with Crippen LogP contribution in [0.15, 0.2) is 0 Å². The summed E-state index contributed by atoms with van der Waals surface area (Å²) >= 11 is 0. The van der Waals surface area contributed by atoms with Gasteiger partial charge in [-0.2, -0.15) is 0 Å². The first-order chi connectivity index (χ1) is 12.2. The van der Waals surface area contributed by atoms with Crippen molar-refractivity contribution < 1.29 is 9.59 Å². The summed E-state index contributed by atoms with van der Waals surface area (Å²) < 4.78 is 0. The van der Waals surface area contributed by atoms with E-state index in [1.165, 1.54) is 51.5 Å². The molecule has 0 bridgehead atoms. The molecule has 3 rings (SSSR count). The molecular formula is C20H35N3O2. The van der Waals surface area contributed by atoms with Gasteiger partial charge in [0.2, 0.25) is 11.8 Å². The van der Waals surface area contributed by atoms with Crippen LogP contribution in [-0.4, -0.2) is 59.9 Å². The van der Waals surface area contributed by atoms with Crippen molar-refractivity contribution in [3.05, 3.63) is 0 Å². The van der Waals surface area contributed by atoms with E-state index in [2.05, 4.69) is 10.2 Å². The van der Waals surface area contributed by atoms with Crippen LogP contribution in [0.1, 0.15) is 77.0 Å². The van der Waals surface area contributed by atoms with Gasteiger partial charge in [-0.25, -0.2) is 0 Å². The van der Waals surface area contributed by atoms with Crippen LogP contribution in [0.2, 0.25) is 0 Å². The molecule has 5 nitrogen and oxygen atoms in total. The molecule has 5 heteroatoms. The maximum Gasteiger partial charge on any atom is 0.222 e. The summed E-state index contributed by atoms with van der Waals surface area (Å²) in [5.41, 5.74) is 0. The maximum atomic E-state index is 12.3. The fourth-order valence-corrected chi connectivity index (χ4v) is 4.75. The first kappa shape index (κ1) is 18.7. The molecule has 1 aliphatic carbocycles. The molecule has 2 amide bonds. The van der Waals surface area contributed by atoms with Gasteiger partial charge in [-0.05, 0) is 45.1 Å². The average Bonchev–Trinajstić information content (AvgIpc) is 2.86. The van der Waals surface area contributed by atoms with Crippen molar-refractivity contribution >= 4 is 11.8 Å². The zero-order chi connectivity index (χ0) is 17.5. The molecule has 0 spiro atoms. The van der Waals surface area contributed by atoms with Gasteiger partial charge < -0.3 is 10.2 Å². The lowest BCUT2D eigenvalue weighted by Gasteiger charge is -2.38. The Morgan fingerprint density at radius 2 is 1.80 bits per heavy atom. The van der Waals surface area contributed by atoms with E-state index in [0.717, 1.165) is 44.9 Å². The highest BCUT2D eigenvalue weighted by atomic mass is 16.2. The van der Waals surface area contributed by atoms with Crippen molar-refractivity contribution in [1.82, 2.24) is 15.1 Å². The summed E-state index contributed by atoms with van der Waals surface area (Å²) in [5, 5.41) is 3.26. The number of carbonyl (C=O) groups is 2. The Morgan fingerprint density at radius 1 is 1.00 bits per heavy atom. The minimum atomic E-state index is 0.166. The third-order valence-corrected chi connectivity index (χ3v) is 6.16. The summed E-state index contributed by atoms with van der Waals surface area (Å²) in [6.07, 6.45) is 13.5. The van der Waals surface area contributed by atoms with Crippen LogP contribution in [-0.2, 0) is 9.59 Å². The number of likely N-dealkylation sites (tertiary alicyclic amines) is 2. The second-order valence-corrected chi connectivity index (χ2v) is 8.13. The van der Waals surface area contributed by atoms with Crippen LogP contribution in [0.3, 0.4) is 0 Å². The lowest BCUT2D eigenvalue weighted by Crippen LogP contribution is -2.50. The number of nitrogens with one attached hydrogen (secondary N) is 1. The molecule has 1 N–H and O–H groups in total. The van der Waals surface area contributed by atoms with E-state index in [9.17, 15) is 9.59 Å². The lowest BCUT2D eigenvalue weighted by molar-refractivity contribution is -0.128. The highest BCUT2D eigenvalue weighted by Gasteiger charge is 2.27. The summed E-state index contributed by atoms with van der Waals surface area (Å²) in [6, 6.07) is 1.06. The average molecular weight is 350 g/mol. The molecule has 142 valence electrons. The Hall–Kier alpha value is -1.10. The molecule has 2 saturated heterocycles. The second-order valence-electron chi connectivity index (χ2n) is 8.13. The Bertz CT molecular complexity index is 446. The largest absolute Gasteiger partial charge is 0.352 e. The Labute approximate surface area is 152 Å². The van der Waals surface area contributed by atoms with Crippen molar-refractivity contribution in [2.75, 3.05) is 26.2 Å². The Balaban J connectivity index is 1.36. The maximum absolute atomic E-state index is 12.3. The van der Waals surface area contributed by atoms with E-state index in [0.29, 0.717) is 18.9 Å². The summed E-state index contributed by atoms with van der Waals surface area (Å²) in [4.78, 5) is 28.4. The Morgan fingerprint density at radius 3 is 2.52 bits per heavy atom. The van der Waals surface area contributed by atoms with Crippen molar-refractivity contribution in [3.8, 4) is 0 Å². The minimum Gasteiger partial charge on any atom is -0.352 e. The van der Waals surface area contributed by atoms with Gasteiger partial charge in [0.05, 0.1) is 0 Å². The predicted molar refractivity (Wildman–Crippen MR) is 99.3 cm³/mol. The van der Waals surface area contributed by atoms with E-state index in [4.69, 9.17) is 0 Å². The first-order valence-corrected chi connectivity index (χ1v) is 10.5. The molecule has 0 aromatic rings. The van der Waals surface area contributed by atoms with E-state index in [-0.39, 0.29) is 11.8 Å². The fraction of sp³-hybridized carbons (Fsp3) is 0.900. The van der Waals surface area contributed by atoms with Crippen LogP contribution in [0.25, 0.3) is 0 Å². The summed E-state index contributed by atoms with van der Waals surface area (Å²) in [6.45, 7) is 3.85. The molecule has 0 aromatic heterocycles. The number of nitrogens with zero attached hydrogens (tertiary/aromatic N) is 2. The highest BCUT2D eigenvalue weighted by Crippen LogP contribution is 2.24. The topological polar surface area (TPSA) is 52.7 Å². The van der Waals surface area contributed by atoms with Gasteiger partial charge in [0.25, 0.3) is 0 Å². The SMILES string of the molecule is O=C(CCCN1CCCC1=O)NC1CCCN(C2CCCCCC2)C1. The number of rotatable bonds is 6. The normalized spacial score (nSPS) is 26.6. The van der Waals surface area contributed by atoms with Crippen LogP contribution < -0.4 is 5.32 Å². The van der Waals surface area contributed by atoms with Crippen molar-refractivity contribution in [2.24, 2.45) is 0 Å². The monoisotopic (exact) mass is 349 g/mol. The van der Waals surface area contributed by atoms with Gasteiger partial charge in [0, 0.05) is 44.6 Å². The highest BCUT2D eigenvalue weighted by molar-refractivity contribution is 5.78. The molecule has 2 aliphatic heterocycles. The number of hydrogen-bond acceptors (Lipinski definition) is 3. The van der Waals surface area contributed by atoms with Crippen LogP contribution in [0, 0.1) is 0 Å². The number of piperidine rings is 1. The molecule has 3 aliphatic rings. The van der Waals surface area contributed by atoms with E-state index < -0.39 is 0 Å². The van der Waals surface area contributed by atoms with Gasteiger partial charge in [-0.15, -0.1) is 0 Å². The second kappa shape index (κ2) is 9.56. The molecule has 0 aromatic carbocycles. The molecular weight excluding hydrogens is 314 g/mol. The smallest absolute Gasteiger partial charge is 0.222 e. The summed E-state index contributed by atoms with van der Waals surface area (Å²) in [5.74, 6) is 0.422. The van der Waals surface area contributed by atoms with Gasteiger partial charge >= 0.3 is 0 Å².